The maximum absolute atomic E-state index is 13.5. The Labute approximate surface area is 141 Å². The molecule has 128 valence electrons. The summed E-state index contributed by atoms with van der Waals surface area (Å²) in [6, 6.07) is 8.31. The highest BCUT2D eigenvalue weighted by atomic mass is 19.1. The van der Waals surface area contributed by atoms with Crippen molar-refractivity contribution in [3.63, 3.8) is 0 Å². The molecule has 0 amide bonds. The number of hydrogen-bond acceptors (Lipinski definition) is 5. The molecule has 1 aliphatic heterocycles. The van der Waals surface area contributed by atoms with E-state index in [9.17, 15) is 4.39 Å². The number of nitrogens with zero attached hydrogens (tertiary/aromatic N) is 3. The number of piperidine rings is 1. The Morgan fingerprint density at radius 1 is 1.25 bits per heavy atom. The highest BCUT2D eigenvalue weighted by molar-refractivity contribution is 5.58. The van der Waals surface area contributed by atoms with Gasteiger partial charge in [-0.1, -0.05) is 12.1 Å². The molecule has 1 saturated heterocycles. The van der Waals surface area contributed by atoms with Crippen LogP contribution in [-0.2, 0) is 11.3 Å². The number of benzene rings is 1. The van der Waals surface area contributed by atoms with E-state index >= 15 is 0 Å². The molecular formula is C18H23FN4O. The van der Waals surface area contributed by atoms with E-state index in [0.29, 0.717) is 23.9 Å². The Bertz CT molecular complexity index is 686. The number of halogens is 1. The van der Waals surface area contributed by atoms with Crippen LogP contribution in [0.3, 0.4) is 0 Å². The molecule has 0 aliphatic carbocycles. The first-order valence-electron chi connectivity index (χ1n) is 8.27. The van der Waals surface area contributed by atoms with Gasteiger partial charge >= 0.3 is 0 Å². The topological polar surface area (TPSA) is 64.3 Å². The molecule has 3 rings (SSSR count). The van der Waals surface area contributed by atoms with E-state index in [1.807, 2.05) is 12.1 Å². The predicted molar refractivity (Wildman–Crippen MR) is 92.1 cm³/mol. The number of nitrogens with two attached hydrogens (primary N) is 1. The van der Waals surface area contributed by atoms with E-state index in [2.05, 4.69) is 14.9 Å². The third-order valence-electron chi connectivity index (χ3n) is 4.41. The van der Waals surface area contributed by atoms with Crippen LogP contribution in [0.4, 0.5) is 10.2 Å². The summed E-state index contributed by atoms with van der Waals surface area (Å²) in [6.07, 6.45) is 2.13. The molecule has 2 aromatic rings. The van der Waals surface area contributed by atoms with Gasteiger partial charge in [-0.05, 0) is 37.4 Å². The maximum Gasteiger partial charge on any atom is 0.161 e. The smallest absolute Gasteiger partial charge is 0.161 e. The Kier molecular flexibility index (Phi) is 5.37. The summed E-state index contributed by atoms with van der Waals surface area (Å²) >= 11 is 0. The molecule has 2 N–H and O–H groups in total. The fourth-order valence-electron chi connectivity index (χ4n) is 3.02. The summed E-state index contributed by atoms with van der Waals surface area (Å²) in [7, 11) is 1.64. The molecular weight excluding hydrogens is 307 g/mol. The standard InChI is InChI=1S/C18H23FN4O/c1-24-12-16-10-17(23-7-5-13(11-20)6-8-23)22-18(21-16)14-3-2-4-15(19)9-14/h2-4,9-10,13H,5-8,11-12,20H2,1H3. The number of aromatic nitrogens is 2. The summed E-state index contributed by atoms with van der Waals surface area (Å²) in [5, 5.41) is 0. The minimum Gasteiger partial charge on any atom is -0.378 e. The normalized spacial score (nSPS) is 15.7. The summed E-state index contributed by atoms with van der Waals surface area (Å²) < 4.78 is 18.8. The fourth-order valence-corrected chi connectivity index (χ4v) is 3.02. The summed E-state index contributed by atoms with van der Waals surface area (Å²) in [6.45, 7) is 2.99. The number of ether oxygens (including phenoxy) is 1. The molecule has 1 aliphatic rings. The first kappa shape index (κ1) is 16.8. The van der Waals surface area contributed by atoms with Crippen molar-refractivity contribution in [3.8, 4) is 11.4 Å². The maximum atomic E-state index is 13.5. The van der Waals surface area contributed by atoms with E-state index in [4.69, 9.17) is 10.5 Å². The van der Waals surface area contributed by atoms with E-state index in [1.54, 1.807) is 13.2 Å². The second kappa shape index (κ2) is 7.68. The van der Waals surface area contributed by atoms with Gasteiger partial charge in [-0.2, -0.15) is 0 Å². The lowest BCUT2D eigenvalue weighted by atomic mass is 9.97. The first-order valence-corrected chi connectivity index (χ1v) is 8.27. The Balaban J connectivity index is 1.91. The van der Waals surface area contributed by atoms with E-state index < -0.39 is 0 Å². The molecule has 5 nitrogen and oxygen atoms in total. The Morgan fingerprint density at radius 3 is 2.71 bits per heavy atom. The molecule has 2 heterocycles. The lowest BCUT2D eigenvalue weighted by Gasteiger charge is -2.32. The van der Waals surface area contributed by atoms with Crippen LogP contribution in [0.2, 0.25) is 0 Å². The third-order valence-corrected chi connectivity index (χ3v) is 4.41. The van der Waals surface area contributed by atoms with Gasteiger partial charge in [-0.15, -0.1) is 0 Å². The second-order valence-electron chi connectivity index (χ2n) is 6.15. The number of methoxy groups -OCH3 is 1. The Hall–Kier alpha value is -2.05. The third kappa shape index (κ3) is 3.88. The monoisotopic (exact) mass is 330 g/mol. The van der Waals surface area contributed by atoms with Crippen molar-refractivity contribution in [2.24, 2.45) is 11.7 Å². The van der Waals surface area contributed by atoms with Crippen LogP contribution >= 0.6 is 0 Å². The zero-order valence-electron chi connectivity index (χ0n) is 13.9. The highest BCUT2D eigenvalue weighted by Crippen LogP contribution is 2.25. The lowest BCUT2D eigenvalue weighted by Crippen LogP contribution is -2.36. The number of anilines is 1. The van der Waals surface area contributed by atoms with Gasteiger partial charge in [-0.25, -0.2) is 14.4 Å². The highest BCUT2D eigenvalue weighted by Gasteiger charge is 2.20. The van der Waals surface area contributed by atoms with Crippen molar-refractivity contribution in [2.75, 3.05) is 31.6 Å². The van der Waals surface area contributed by atoms with Crippen LogP contribution in [0.15, 0.2) is 30.3 Å². The summed E-state index contributed by atoms with van der Waals surface area (Å²) in [5.74, 6) is 1.69. The molecule has 0 atom stereocenters. The van der Waals surface area contributed by atoms with Crippen LogP contribution < -0.4 is 10.6 Å². The fraction of sp³-hybridized carbons (Fsp3) is 0.444. The van der Waals surface area contributed by atoms with Crippen molar-refractivity contribution in [3.05, 3.63) is 41.8 Å². The quantitative estimate of drug-likeness (QED) is 0.913. The zero-order chi connectivity index (χ0) is 16.9. The van der Waals surface area contributed by atoms with E-state index in [1.165, 1.54) is 12.1 Å². The molecule has 0 unspecified atom stereocenters. The van der Waals surface area contributed by atoms with Crippen molar-refractivity contribution in [1.29, 1.82) is 0 Å². The van der Waals surface area contributed by atoms with Gasteiger partial charge in [0, 0.05) is 31.8 Å². The predicted octanol–water partition coefficient (Wildman–Crippen LogP) is 2.60. The van der Waals surface area contributed by atoms with Gasteiger partial charge in [0.1, 0.15) is 11.6 Å². The molecule has 0 saturated carbocycles. The average molecular weight is 330 g/mol. The minimum absolute atomic E-state index is 0.293. The largest absolute Gasteiger partial charge is 0.378 e. The zero-order valence-corrected chi connectivity index (χ0v) is 13.9. The molecule has 1 aromatic heterocycles. The van der Waals surface area contributed by atoms with Crippen LogP contribution in [0, 0.1) is 11.7 Å². The van der Waals surface area contributed by atoms with Gasteiger partial charge in [0.2, 0.25) is 0 Å². The van der Waals surface area contributed by atoms with Crippen molar-refractivity contribution in [2.45, 2.75) is 19.4 Å². The average Bonchev–Trinajstić information content (AvgIpc) is 2.62. The van der Waals surface area contributed by atoms with Gasteiger partial charge in [-0.3, -0.25) is 0 Å². The molecule has 24 heavy (non-hydrogen) atoms. The molecule has 0 radical (unpaired) electrons. The van der Waals surface area contributed by atoms with E-state index in [0.717, 1.165) is 44.0 Å². The summed E-state index contributed by atoms with van der Waals surface area (Å²) in [5.41, 5.74) is 7.24. The van der Waals surface area contributed by atoms with Crippen molar-refractivity contribution < 1.29 is 9.13 Å². The summed E-state index contributed by atoms with van der Waals surface area (Å²) in [4.78, 5) is 11.4. The molecule has 1 aromatic carbocycles. The van der Waals surface area contributed by atoms with Crippen molar-refractivity contribution >= 4 is 5.82 Å². The van der Waals surface area contributed by atoms with Crippen LogP contribution in [0.5, 0.6) is 0 Å². The lowest BCUT2D eigenvalue weighted by molar-refractivity contribution is 0.181. The first-order chi connectivity index (χ1) is 11.7. The number of hydrogen-bond donors (Lipinski definition) is 1. The van der Waals surface area contributed by atoms with Gasteiger partial charge < -0.3 is 15.4 Å². The van der Waals surface area contributed by atoms with Gasteiger partial charge in [0.25, 0.3) is 0 Å². The Morgan fingerprint density at radius 2 is 2.04 bits per heavy atom. The van der Waals surface area contributed by atoms with Crippen LogP contribution in [0.25, 0.3) is 11.4 Å². The van der Waals surface area contributed by atoms with Crippen LogP contribution in [0.1, 0.15) is 18.5 Å². The SMILES string of the molecule is COCc1cc(N2CCC(CN)CC2)nc(-c2cccc(F)c2)n1. The molecule has 0 bridgehead atoms. The number of rotatable bonds is 5. The van der Waals surface area contributed by atoms with Crippen LogP contribution in [-0.4, -0.2) is 36.7 Å². The van der Waals surface area contributed by atoms with Gasteiger partial charge in [0.05, 0.1) is 12.3 Å². The van der Waals surface area contributed by atoms with E-state index in [-0.39, 0.29) is 5.82 Å². The van der Waals surface area contributed by atoms with Crippen molar-refractivity contribution in [1.82, 2.24) is 9.97 Å². The molecule has 0 spiro atoms. The minimum atomic E-state index is -0.293. The molecule has 1 fully saturated rings. The second-order valence-corrected chi connectivity index (χ2v) is 6.15. The molecule has 6 heteroatoms. The van der Waals surface area contributed by atoms with Gasteiger partial charge in [0.15, 0.2) is 5.82 Å².